The predicted octanol–water partition coefficient (Wildman–Crippen LogP) is 4.62. The summed E-state index contributed by atoms with van der Waals surface area (Å²) in [7, 11) is 0. The number of rotatable bonds is 2. The van der Waals surface area contributed by atoms with Gasteiger partial charge in [-0.1, -0.05) is 54.6 Å². The SMILES string of the molecule is Nc1nc(N)c2cc(CN3c4ccccc4C=Cc4ccccc43)ccc2n1. The molecule has 0 bridgehead atoms. The molecular formula is C23H19N5. The zero-order valence-electron chi connectivity index (χ0n) is 15.2. The first-order valence-corrected chi connectivity index (χ1v) is 9.14. The monoisotopic (exact) mass is 365 g/mol. The molecule has 3 aromatic carbocycles. The van der Waals surface area contributed by atoms with Crippen molar-refractivity contribution in [3.63, 3.8) is 0 Å². The third kappa shape index (κ3) is 2.74. The van der Waals surface area contributed by atoms with E-state index in [1.165, 1.54) is 22.5 Å². The van der Waals surface area contributed by atoms with E-state index in [1.807, 2.05) is 12.1 Å². The van der Waals surface area contributed by atoms with Gasteiger partial charge in [-0.15, -0.1) is 0 Å². The highest BCUT2D eigenvalue weighted by Gasteiger charge is 2.18. The molecule has 0 radical (unpaired) electrons. The number of hydrogen-bond acceptors (Lipinski definition) is 5. The van der Waals surface area contributed by atoms with Crippen LogP contribution in [0.4, 0.5) is 23.1 Å². The van der Waals surface area contributed by atoms with Crippen LogP contribution in [0, 0.1) is 0 Å². The molecule has 4 N–H and O–H groups in total. The van der Waals surface area contributed by atoms with Crippen LogP contribution in [0.2, 0.25) is 0 Å². The third-order valence-electron chi connectivity index (χ3n) is 5.05. The van der Waals surface area contributed by atoms with E-state index in [4.69, 9.17) is 11.5 Å². The zero-order valence-corrected chi connectivity index (χ0v) is 15.2. The van der Waals surface area contributed by atoms with Crippen molar-refractivity contribution in [1.82, 2.24) is 9.97 Å². The second-order valence-electron chi connectivity index (χ2n) is 6.86. The summed E-state index contributed by atoms with van der Waals surface area (Å²) in [6, 6.07) is 22.9. The first-order chi connectivity index (χ1) is 13.7. The molecule has 0 atom stereocenters. The molecule has 0 unspecified atom stereocenters. The zero-order chi connectivity index (χ0) is 19.1. The van der Waals surface area contributed by atoms with Gasteiger partial charge in [-0.05, 0) is 41.0 Å². The number of fused-ring (bicyclic) bond motifs is 3. The quantitative estimate of drug-likeness (QED) is 0.542. The van der Waals surface area contributed by atoms with Gasteiger partial charge in [0.2, 0.25) is 5.95 Å². The van der Waals surface area contributed by atoms with Gasteiger partial charge in [-0.2, -0.15) is 4.98 Å². The molecule has 2 heterocycles. The van der Waals surface area contributed by atoms with E-state index >= 15 is 0 Å². The summed E-state index contributed by atoms with van der Waals surface area (Å²) >= 11 is 0. The number of benzene rings is 3. The Kier molecular flexibility index (Phi) is 3.72. The minimum Gasteiger partial charge on any atom is -0.383 e. The third-order valence-corrected chi connectivity index (χ3v) is 5.05. The molecule has 1 aromatic heterocycles. The average molecular weight is 365 g/mol. The van der Waals surface area contributed by atoms with Crippen LogP contribution >= 0.6 is 0 Å². The van der Waals surface area contributed by atoms with Crippen molar-refractivity contribution in [1.29, 1.82) is 0 Å². The van der Waals surface area contributed by atoms with E-state index in [2.05, 4.69) is 81.6 Å². The molecule has 0 saturated heterocycles. The van der Waals surface area contributed by atoms with Gasteiger partial charge < -0.3 is 16.4 Å². The van der Waals surface area contributed by atoms with Crippen LogP contribution in [0.3, 0.4) is 0 Å². The van der Waals surface area contributed by atoms with Crippen LogP contribution in [-0.2, 0) is 6.54 Å². The molecule has 0 fully saturated rings. The molecule has 0 amide bonds. The maximum Gasteiger partial charge on any atom is 0.222 e. The van der Waals surface area contributed by atoms with E-state index in [1.54, 1.807) is 0 Å². The Morgan fingerprint density at radius 2 is 1.39 bits per heavy atom. The van der Waals surface area contributed by atoms with E-state index in [9.17, 15) is 0 Å². The standard InChI is InChI=1S/C23H19N5/c24-22-18-13-15(9-12-19(18)26-23(25)27-22)14-28-20-7-3-1-5-16(20)10-11-17-6-2-4-8-21(17)28/h1-13H,14H2,(H4,24,25,26,27). The molecule has 0 spiro atoms. The highest BCUT2D eigenvalue weighted by molar-refractivity contribution is 5.91. The molecule has 28 heavy (non-hydrogen) atoms. The van der Waals surface area contributed by atoms with Crippen molar-refractivity contribution in [3.05, 3.63) is 83.4 Å². The maximum absolute atomic E-state index is 6.08. The molecule has 5 heteroatoms. The van der Waals surface area contributed by atoms with Gasteiger partial charge in [-0.3, -0.25) is 0 Å². The summed E-state index contributed by atoms with van der Waals surface area (Å²) in [6.45, 7) is 0.704. The number of anilines is 4. The molecule has 5 rings (SSSR count). The van der Waals surface area contributed by atoms with Crippen molar-refractivity contribution in [2.45, 2.75) is 6.54 Å². The summed E-state index contributed by atoms with van der Waals surface area (Å²) in [4.78, 5) is 10.7. The number of nitrogens with zero attached hydrogens (tertiary/aromatic N) is 3. The van der Waals surface area contributed by atoms with E-state index in [0.717, 1.165) is 16.5 Å². The summed E-state index contributed by atoms with van der Waals surface area (Å²) in [5.74, 6) is 0.599. The van der Waals surface area contributed by atoms with Gasteiger partial charge >= 0.3 is 0 Å². The second-order valence-corrected chi connectivity index (χ2v) is 6.86. The van der Waals surface area contributed by atoms with Gasteiger partial charge in [0, 0.05) is 23.3 Å². The first-order valence-electron chi connectivity index (χ1n) is 9.14. The number of nitrogen functional groups attached to an aromatic ring is 2. The highest BCUT2D eigenvalue weighted by atomic mass is 15.1. The smallest absolute Gasteiger partial charge is 0.222 e. The van der Waals surface area contributed by atoms with Gasteiger partial charge in [-0.25, -0.2) is 4.98 Å². The Hall–Kier alpha value is -3.86. The van der Waals surface area contributed by atoms with Gasteiger partial charge in [0.25, 0.3) is 0 Å². The largest absolute Gasteiger partial charge is 0.383 e. The van der Waals surface area contributed by atoms with Gasteiger partial charge in [0.1, 0.15) is 5.82 Å². The number of hydrogen-bond donors (Lipinski definition) is 2. The molecule has 1 aliphatic rings. The van der Waals surface area contributed by atoms with Crippen LogP contribution < -0.4 is 16.4 Å². The first kappa shape index (κ1) is 16.3. The normalized spacial score (nSPS) is 12.5. The Labute approximate surface area is 163 Å². The van der Waals surface area contributed by atoms with Crippen LogP contribution in [0.15, 0.2) is 66.7 Å². The second kappa shape index (κ2) is 6.39. The van der Waals surface area contributed by atoms with Crippen molar-refractivity contribution in [2.24, 2.45) is 0 Å². The summed E-state index contributed by atoms with van der Waals surface area (Å²) in [5, 5.41) is 0.821. The minimum atomic E-state index is 0.194. The van der Waals surface area contributed by atoms with E-state index < -0.39 is 0 Å². The molecule has 0 aliphatic carbocycles. The summed E-state index contributed by atoms with van der Waals surface area (Å²) in [6.07, 6.45) is 4.34. The topological polar surface area (TPSA) is 81.1 Å². The summed E-state index contributed by atoms with van der Waals surface area (Å²) < 4.78 is 0. The van der Waals surface area contributed by atoms with Crippen molar-refractivity contribution in [3.8, 4) is 0 Å². The number of nitrogens with two attached hydrogens (primary N) is 2. The minimum absolute atomic E-state index is 0.194. The maximum atomic E-state index is 6.08. The Balaban J connectivity index is 1.63. The van der Waals surface area contributed by atoms with Crippen molar-refractivity contribution in [2.75, 3.05) is 16.4 Å². The number of para-hydroxylation sites is 2. The number of aromatic nitrogens is 2. The lowest BCUT2D eigenvalue weighted by atomic mass is 10.1. The van der Waals surface area contributed by atoms with E-state index in [0.29, 0.717) is 12.4 Å². The molecule has 136 valence electrons. The molecule has 4 aromatic rings. The molecule has 5 nitrogen and oxygen atoms in total. The average Bonchev–Trinajstić information content (AvgIpc) is 2.86. The fourth-order valence-electron chi connectivity index (χ4n) is 3.73. The lowest BCUT2D eigenvalue weighted by Crippen LogP contribution is -2.17. The lowest BCUT2D eigenvalue weighted by Gasteiger charge is -2.27. The Bertz CT molecular complexity index is 1180. The fraction of sp³-hybridized carbons (Fsp3) is 0.0435. The highest BCUT2D eigenvalue weighted by Crippen LogP contribution is 2.37. The Morgan fingerprint density at radius 1 is 0.750 bits per heavy atom. The van der Waals surface area contributed by atoms with Crippen LogP contribution in [0.5, 0.6) is 0 Å². The van der Waals surface area contributed by atoms with Crippen LogP contribution in [0.25, 0.3) is 23.1 Å². The van der Waals surface area contributed by atoms with E-state index in [-0.39, 0.29) is 5.95 Å². The van der Waals surface area contributed by atoms with Crippen LogP contribution in [0.1, 0.15) is 16.7 Å². The fourth-order valence-corrected chi connectivity index (χ4v) is 3.73. The van der Waals surface area contributed by atoms with Crippen molar-refractivity contribution < 1.29 is 0 Å². The van der Waals surface area contributed by atoms with Crippen molar-refractivity contribution >= 4 is 46.2 Å². The molecule has 0 saturated carbocycles. The van der Waals surface area contributed by atoms with Crippen LogP contribution in [-0.4, -0.2) is 9.97 Å². The van der Waals surface area contributed by atoms with Gasteiger partial charge in [0.15, 0.2) is 0 Å². The molecular weight excluding hydrogens is 346 g/mol. The Morgan fingerprint density at radius 3 is 2.07 bits per heavy atom. The summed E-state index contributed by atoms with van der Waals surface area (Å²) in [5.41, 5.74) is 18.4. The van der Waals surface area contributed by atoms with Gasteiger partial charge in [0.05, 0.1) is 5.52 Å². The molecule has 1 aliphatic heterocycles. The predicted molar refractivity (Wildman–Crippen MR) is 116 cm³/mol. The lowest BCUT2D eigenvalue weighted by molar-refractivity contribution is 0.975.